The van der Waals surface area contributed by atoms with Crippen molar-refractivity contribution in [3.8, 4) is 17.6 Å². The second-order valence-electron chi connectivity index (χ2n) is 14.1. The molecule has 0 spiro atoms. The van der Waals surface area contributed by atoms with Crippen molar-refractivity contribution in [2.24, 2.45) is 0 Å². The molecule has 26 nitrogen and oxygen atoms in total. The quantitative estimate of drug-likeness (QED) is 0.265. The third kappa shape index (κ3) is 9.96. The van der Waals surface area contributed by atoms with Crippen LogP contribution < -0.4 is 32.4 Å². The minimum Gasteiger partial charge on any atom is -0.858 e. The van der Waals surface area contributed by atoms with Gasteiger partial charge in [-0.25, -0.2) is 43.0 Å². The Hall–Kier alpha value is -3.36. The van der Waals surface area contributed by atoms with Crippen molar-refractivity contribution in [3.63, 3.8) is 0 Å². The molecule has 0 radical (unpaired) electrons. The summed E-state index contributed by atoms with van der Waals surface area (Å²) in [5, 5.41) is 36.0. The maximum atomic E-state index is 13.6. The molecule has 3 N–H and O–H groups in total. The molecular weight excluding hydrogens is 889 g/mol. The Bertz CT molecular complexity index is 2210. The molecule has 60 heavy (non-hydrogen) atoms. The van der Waals surface area contributed by atoms with E-state index in [9.17, 15) is 58.1 Å². The molecule has 4 aliphatic rings. The van der Waals surface area contributed by atoms with Crippen molar-refractivity contribution in [1.29, 1.82) is 0 Å². The third-order valence-electron chi connectivity index (χ3n) is 9.75. The number of ether oxygens (including phenoxy) is 3. The number of phosphoric acid groups is 2. The van der Waals surface area contributed by atoms with Crippen LogP contribution in [0.5, 0.6) is 17.6 Å². The number of aryl methyl sites for hydroxylation is 3. The fourth-order valence-corrected chi connectivity index (χ4v) is 11.5. The highest BCUT2D eigenvalue weighted by Gasteiger charge is 2.48. The number of phosphoric ester groups is 2. The van der Waals surface area contributed by atoms with Crippen LogP contribution in [0.25, 0.3) is 0 Å². The molecule has 30 heteroatoms. The van der Waals surface area contributed by atoms with Gasteiger partial charge in [-0.1, -0.05) is 0 Å². The Balaban J connectivity index is 1.21. The average Bonchev–Trinajstić information content (AvgIpc) is 3.86. The summed E-state index contributed by atoms with van der Waals surface area (Å²) < 4.78 is 88.0. The Morgan fingerprint density at radius 3 is 1.30 bits per heavy atom. The monoisotopic (exact) mass is 925 g/mol. The summed E-state index contributed by atoms with van der Waals surface area (Å²) in [5.41, 5.74) is -2.97. The smallest absolute Gasteiger partial charge is 0.472 e. The Morgan fingerprint density at radius 2 is 0.917 bits per heavy atom. The first-order chi connectivity index (χ1) is 28.1. The number of nitrogens with zero attached hydrogens (tertiary/aromatic N) is 6. The van der Waals surface area contributed by atoms with Gasteiger partial charge in [0.1, 0.15) is 49.2 Å². The maximum Gasteiger partial charge on any atom is 0.472 e. The van der Waals surface area contributed by atoms with Crippen molar-refractivity contribution in [1.82, 2.24) is 28.7 Å². The number of aromatic nitrogens is 6. The number of hydrogen-bond acceptors (Lipinski definition) is 21. The largest absolute Gasteiger partial charge is 0.858 e. The van der Waals surface area contributed by atoms with Gasteiger partial charge in [0.05, 0.1) is 19.3 Å². The molecule has 4 fully saturated rings. The van der Waals surface area contributed by atoms with Gasteiger partial charge in [-0.05, 0) is 66.5 Å². The van der Waals surface area contributed by atoms with E-state index in [0.717, 1.165) is 32.3 Å². The molecule has 7 rings (SSSR count). The van der Waals surface area contributed by atoms with E-state index < -0.39 is 138 Å². The minimum absolute atomic E-state index is 0.0374. The van der Waals surface area contributed by atoms with Gasteiger partial charge in [-0.3, -0.25) is 36.3 Å². The molecule has 12 atom stereocenters. The lowest BCUT2D eigenvalue weighted by atomic mass is 10.2. The number of fused-ring (bicyclic) bond motifs is 3. The predicted octanol–water partition coefficient (Wildman–Crippen LogP) is -0.998. The lowest BCUT2D eigenvalue weighted by molar-refractivity contribution is -0.277. The van der Waals surface area contributed by atoms with Crippen molar-refractivity contribution >= 4 is 33.8 Å². The first kappa shape index (κ1) is 44.7. The van der Waals surface area contributed by atoms with Gasteiger partial charge in [-0.2, -0.15) is 0 Å². The summed E-state index contributed by atoms with van der Waals surface area (Å²) in [6.07, 6.45) is -10.4. The van der Waals surface area contributed by atoms with Gasteiger partial charge in [0, 0.05) is 43.6 Å². The number of rotatable bonds is 3. The molecule has 0 amide bonds. The fraction of sp³-hybridized carbons (Fsp3) is 0.600. The van der Waals surface area contributed by atoms with E-state index in [1.54, 1.807) is 0 Å². The molecule has 7 heterocycles. The minimum atomic E-state index is -5.22. The lowest BCUT2D eigenvalue weighted by Crippen LogP contribution is -2.32. The van der Waals surface area contributed by atoms with Crippen LogP contribution in [0.2, 0.25) is 0 Å². The summed E-state index contributed by atoms with van der Waals surface area (Å²) in [7, 11) is -10.4. The molecule has 4 aliphatic heterocycles. The van der Waals surface area contributed by atoms with E-state index >= 15 is 0 Å². The predicted molar refractivity (Wildman–Crippen MR) is 192 cm³/mol. The van der Waals surface area contributed by atoms with E-state index in [2.05, 4.69) is 15.0 Å². The van der Waals surface area contributed by atoms with E-state index in [-0.39, 0.29) is 40.9 Å². The van der Waals surface area contributed by atoms with Gasteiger partial charge in [-0.15, -0.1) is 0 Å². The summed E-state index contributed by atoms with van der Waals surface area (Å²) in [6.45, 7) is -2.47. The molecule has 330 valence electrons. The lowest BCUT2D eigenvalue weighted by Gasteiger charge is -2.26. The Kier molecular flexibility index (Phi) is 12.7. The fourth-order valence-electron chi connectivity index (χ4n) is 6.78. The van der Waals surface area contributed by atoms with Crippen LogP contribution in [-0.2, 0) is 50.5 Å². The van der Waals surface area contributed by atoms with Crippen LogP contribution in [0, 0.1) is 20.8 Å². The molecule has 3 aromatic rings. The second-order valence-corrected chi connectivity index (χ2v) is 20.8. The zero-order valence-corrected chi connectivity index (χ0v) is 34.9. The van der Waals surface area contributed by atoms with E-state index in [0.29, 0.717) is 0 Å². The molecule has 4 saturated heterocycles. The Labute approximate surface area is 341 Å². The summed E-state index contributed by atoms with van der Waals surface area (Å²) >= 11 is 0.271. The van der Waals surface area contributed by atoms with Crippen molar-refractivity contribution in [2.45, 2.75) is 95.3 Å². The van der Waals surface area contributed by atoms with Crippen LogP contribution in [0.3, 0.4) is 0 Å². The van der Waals surface area contributed by atoms with Crippen molar-refractivity contribution < 1.29 is 80.5 Å². The molecule has 3 unspecified atom stereocenters. The topological polar surface area (TPSA) is 360 Å². The average molecular weight is 926 g/mol. The van der Waals surface area contributed by atoms with Crippen LogP contribution in [0.1, 0.15) is 54.6 Å². The van der Waals surface area contributed by atoms with Gasteiger partial charge in [0.15, 0.2) is 0 Å². The molecule has 0 aliphatic carbocycles. The molecule has 3 aromatic heterocycles. The van der Waals surface area contributed by atoms with Crippen molar-refractivity contribution in [3.05, 3.63) is 66.7 Å². The van der Waals surface area contributed by atoms with Gasteiger partial charge < -0.3 is 44.2 Å². The van der Waals surface area contributed by atoms with Crippen LogP contribution in [0.4, 0.5) is 0 Å². The zero-order valence-electron chi connectivity index (χ0n) is 31.4. The highest BCUT2D eigenvalue weighted by atomic mass is 32.7. The molecule has 0 aromatic carbocycles. The second kappa shape index (κ2) is 17.1. The summed E-state index contributed by atoms with van der Waals surface area (Å²) in [6, 6.07) is 0. The van der Waals surface area contributed by atoms with Gasteiger partial charge in [0.25, 0.3) is 0 Å². The molecular formula is C30H36N6O20P3S-3. The summed E-state index contributed by atoms with van der Waals surface area (Å²) in [4.78, 5) is 81.2. The molecule has 0 bridgehead atoms. The van der Waals surface area contributed by atoms with Crippen LogP contribution in [0.15, 0.2) is 33.0 Å². The van der Waals surface area contributed by atoms with E-state index in [1.165, 1.54) is 20.8 Å². The third-order valence-corrected chi connectivity index (χ3v) is 14.8. The zero-order chi connectivity index (χ0) is 43.5. The molecule has 0 saturated carbocycles. The van der Waals surface area contributed by atoms with Crippen LogP contribution in [-0.4, -0.2) is 98.9 Å². The SMILES string of the molecule is Cc1cn([C@H]2C[C@@H]3OP(=O)(O)OC[C@H]4O[C@@H](n5cc(C)c([O-])nc5=O)C[C@@H]4OP(=O)(O)SC[C@H]4O[C@@H](n5cc(C)c([O-])nc5=O)C[C@@H]4OP(=O)(O)OC[C@H]3O2)c(=O)nc1[O-]. The standard InChI is InChI=1S/C30H39N6O20P3S/c1-13-7-34(28(40)31-25(13)37)22-4-16-19(51-22)10-49-58(45,46)55-18-6-24(36-9-15(3)27(39)33-30(36)42)53-21(18)12-60-59(47,48)56-17-5-23(35-8-14(2)26(38)32-29(35)41)52-20(17)11-50-57(43,44)54-16/h7-9,16-24H,4-6,10-12H2,1-3H3,(H,43,44)(H,45,46)(H,47,48)(H,31,37,40)(H,32,38,41)(H,33,39,42)/p-3/t16-,17-,18-,19+,20+,21+,22+,23+,24+/m0/s1. The van der Waals surface area contributed by atoms with Crippen LogP contribution >= 0.6 is 33.8 Å². The van der Waals surface area contributed by atoms with Gasteiger partial charge >= 0.3 is 39.5 Å². The normalized spacial score (nSPS) is 36.8. The number of hydrogen-bond donors (Lipinski definition) is 3. The summed E-state index contributed by atoms with van der Waals surface area (Å²) in [5.74, 6) is -2.93. The highest BCUT2D eigenvalue weighted by Crippen LogP contribution is 2.60. The Morgan fingerprint density at radius 1 is 0.583 bits per heavy atom. The maximum absolute atomic E-state index is 13.6. The highest BCUT2D eigenvalue weighted by molar-refractivity contribution is 8.54. The van der Waals surface area contributed by atoms with E-state index in [4.69, 9.17) is 36.8 Å². The van der Waals surface area contributed by atoms with Crippen molar-refractivity contribution in [2.75, 3.05) is 19.0 Å². The van der Waals surface area contributed by atoms with Gasteiger partial charge in [0.2, 0.25) is 0 Å². The first-order valence-corrected chi connectivity index (χ1v) is 24.0. The van der Waals surface area contributed by atoms with E-state index in [1.807, 2.05) is 0 Å². The first-order valence-electron chi connectivity index (χ1n) is 17.8.